The van der Waals surface area contributed by atoms with Gasteiger partial charge in [0.25, 0.3) is 0 Å². The second-order valence-electron chi connectivity index (χ2n) is 4.37. The molecule has 3 heteroatoms. The van der Waals surface area contributed by atoms with Crippen molar-refractivity contribution in [2.75, 3.05) is 0 Å². The molecule has 0 radical (unpaired) electrons. The molecule has 2 rings (SSSR count). The van der Waals surface area contributed by atoms with Crippen LogP contribution in [0.2, 0.25) is 0 Å². The van der Waals surface area contributed by atoms with E-state index in [4.69, 9.17) is 0 Å². The minimum atomic E-state index is 0.0426. The first-order valence-corrected chi connectivity index (χ1v) is 5.57. The van der Waals surface area contributed by atoms with Gasteiger partial charge in [0.1, 0.15) is 0 Å². The summed E-state index contributed by atoms with van der Waals surface area (Å²) in [5, 5.41) is 3.97. The van der Waals surface area contributed by atoms with Crippen molar-refractivity contribution in [2.24, 2.45) is 11.0 Å². The molecule has 1 saturated carbocycles. The van der Waals surface area contributed by atoms with Crippen LogP contribution < -0.4 is 5.43 Å². The Bertz CT molecular complexity index is 434. The topological polar surface area (TPSA) is 41.5 Å². The van der Waals surface area contributed by atoms with E-state index < -0.39 is 0 Å². The molecule has 0 spiro atoms. The van der Waals surface area contributed by atoms with Crippen molar-refractivity contribution in [3.63, 3.8) is 0 Å². The number of amides is 1. The average molecular weight is 216 g/mol. The summed E-state index contributed by atoms with van der Waals surface area (Å²) in [7, 11) is 0. The molecule has 0 bridgehead atoms. The maximum Gasteiger partial charge on any atom is 0.243 e. The van der Waals surface area contributed by atoms with Crippen LogP contribution in [-0.4, -0.2) is 12.1 Å². The van der Waals surface area contributed by atoms with Gasteiger partial charge in [-0.1, -0.05) is 23.8 Å². The fourth-order valence-electron chi connectivity index (χ4n) is 1.57. The third kappa shape index (κ3) is 2.69. The predicted molar refractivity (Wildman–Crippen MR) is 64.4 cm³/mol. The van der Waals surface area contributed by atoms with Gasteiger partial charge in [0.15, 0.2) is 0 Å². The van der Waals surface area contributed by atoms with Crippen LogP contribution >= 0.6 is 0 Å². The van der Waals surface area contributed by atoms with E-state index in [1.54, 1.807) is 6.21 Å². The van der Waals surface area contributed by atoms with Crippen LogP contribution in [0.25, 0.3) is 0 Å². The molecule has 1 aliphatic rings. The molecule has 1 fully saturated rings. The molecule has 1 aromatic carbocycles. The first kappa shape index (κ1) is 10.9. The summed E-state index contributed by atoms with van der Waals surface area (Å²) in [6.45, 7) is 4.10. The predicted octanol–water partition coefficient (Wildman–Crippen LogP) is 2.16. The average Bonchev–Trinajstić information content (AvgIpc) is 3.04. The number of hydrogen-bond acceptors (Lipinski definition) is 2. The van der Waals surface area contributed by atoms with Gasteiger partial charge in [0.2, 0.25) is 5.91 Å². The van der Waals surface area contributed by atoms with Crippen molar-refractivity contribution < 1.29 is 4.79 Å². The van der Waals surface area contributed by atoms with Crippen molar-refractivity contribution in [2.45, 2.75) is 26.7 Å². The summed E-state index contributed by atoms with van der Waals surface area (Å²) < 4.78 is 0. The lowest BCUT2D eigenvalue weighted by atomic mass is 10.1. The highest BCUT2D eigenvalue weighted by Gasteiger charge is 2.29. The van der Waals surface area contributed by atoms with E-state index in [0.29, 0.717) is 0 Å². The lowest BCUT2D eigenvalue weighted by Crippen LogP contribution is -2.19. The standard InChI is InChI=1S/C13H16N2O/c1-9-3-4-12(10(2)7-9)8-14-15-13(16)11-5-6-11/h3-4,7-8,11H,5-6H2,1-2H3,(H,15,16)/b14-8+. The molecule has 84 valence electrons. The van der Waals surface area contributed by atoms with E-state index in [9.17, 15) is 4.79 Å². The zero-order chi connectivity index (χ0) is 11.5. The van der Waals surface area contributed by atoms with E-state index in [1.807, 2.05) is 19.1 Å². The van der Waals surface area contributed by atoms with Crippen molar-refractivity contribution in [1.82, 2.24) is 5.43 Å². The molecule has 0 unspecified atom stereocenters. The number of carbonyl (C=O) groups is 1. The largest absolute Gasteiger partial charge is 0.273 e. The molecule has 0 heterocycles. The Morgan fingerprint density at radius 3 is 2.81 bits per heavy atom. The number of hydrogen-bond donors (Lipinski definition) is 1. The number of aryl methyl sites for hydroxylation is 2. The monoisotopic (exact) mass is 216 g/mol. The van der Waals surface area contributed by atoms with Gasteiger partial charge in [-0.15, -0.1) is 0 Å². The molecule has 0 aliphatic heterocycles. The minimum absolute atomic E-state index is 0.0426. The maximum absolute atomic E-state index is 11.3. The number of carbonyl (C=O) groups excluding carboxylic acids is 1. The lowest BCUT2D eigenvalue weighted by Gasteiger charge is -2.01. The fourth-order valence-corrected chi connectivity index (χ4v) is 1.57. The third-order valence-corrected chi connectivity index (χ3v) is 2.75. The maximum atomic E-state index is 11.3. The number of rotatable bonds is 3. The Kier molecular flexibility index (Phi) is 3.04. The Balaban J connectivity index is 1.97. The molecular weight excluding hydrogens is 200 g/mol. The Morgan fingerprint density at radius 2 is 2.19 bits per heavy atom. The van der Waals surface area contributed by atoms with Crippen LogP contribution in [0.4, 0.5) is 0 Å². The molecule has 0 aromatic heterocycles. The van der Waals surface area contributed by atoms with Crippen molar-refractivity contribution in [3.8, 4) is 0 Å². The van der Waals surface area contributed by atoms with Gasteiger partial charge in [-0.05, 0) is 37.8 Å². The van der Waals surface area contributed by atoms with Crippen LogP contribution in [0.1, 0.15) is 29.5 Å². The SMILES string of the molecule is Cc1ccc(/C=N/NC(=O)C2CC2)c(C)c1. The molecule has 1 aromatic rings. The Labute approximate surface area is 95.6 Å². The van der Waals surface area contributed by atoms with Gasteiger partial charge in [-0.25, -0.2) is 5.43 Å². The van der Waals surface area contributed by atoms with E-state index in [1.165, 1.54) is 11.1 Å². The second-order valence-corrected chi connectivity index (χ2v) is 4.37. The normalized spacial score (nSPS) is 15.4. The summed E-state index contributed by atoms with van der Waals surface area (Å²) in [5.41, 5.74) is 6.01. The highest BCUT2D eigenvalue weighted by Crippen LogP contribution is 2.28. The number of hydrazone groups is 1. The van der Waals surface area contributed by atoms with Gasteiger partial charge >= 0.3 is 0 Å². The number of benzene rings is 1. The van der Waals surface area contributed by atoms with Gasteiger partial charge in [0, 0.05) is 5.92 Å². The van der Waals surface area contributed by atoms with Gasteiger partial charge in [-0.3, -0.25) is 4.79 Å². The van der Waals surface area contributed by atoms with Crippen LogP contribution in [0.15, 0.2) is 23.3 Å². The van der Waals surface area contributed by atoms with Crippen LogP contribution in [0.3, 0.4) is 0 Å². The second kappa shape index (κ2) is 4.47. The minimum Gasteiger partial charge on any atom is -0.273 e. The molecule has 16 heavy (non-hydrogen) atoms. The van der Waals surface area contributed by atoms with Crippen molar-refractivity contribution >= 4 is 12.1 Å². The summed E-state index contributed by atoms with van der Waals surface area (Å²) >= 11 is 0. The summed E-state index contributed by atoms with van der Waals surface area (Å²) in [6.07, 6.45) is 3.71. The van der Waals surface area contributed by atoms with E-state index >= 15 is 0 Å². The third-order valence-electron chi connectivity index (χ3n) is 2.75. The Hall–Kier alpha value is -1.64. The van der Waals surface area contributed by atoms with Crippen LogP contribution in [0.5, 0.6) is 0 Å². The van der Waals surface area contributed by atoms with Crippen LogP contribution in [0, 0.1) is 19.8 Å². The van der Waals surface area contributed by atoms with Gasteiger partial charge in [-0.2, -0.15) is 5.10 Å². The molecule has 0 saturated heterocycles. The zero-order valence-electron chi connectivity index (χ0n) is 9.66. The molecular formula is C13H16N2O. The first-order valence-electron chi connectivity index (χ1n) is 5.57. The molecule has 1 amide bonds. The van der Waals surface area contributed by atoms with Crippen molar-refractivity contribution in [3.05, 3.63) is 34.9 Å². The Morgan fingerprint density at radius 1 is 1.44 bits per heavy atom. The number of nitrogens with one attached hydrogen (secondary N) is 1. The first-order chi connectivity index (χ1) is 7.66. The summed E-state index contributed by atoms with van der Waals surface area (Å²) in [5.74, 6) is 0.247. The highest BCUT2D eigenvalue weighted by atomic mass is 16.2. The smallest absolute Gasteiger partial charge is 0.243 e. The van der Waals surface area contributed by atoms with E-state index in [-0.39, 0.29) is 11.8 Å². The summed E-state index contributed by atoms with van der Waals surface area (Å²) in [4.78, 5) is 11.3. The molecule has 1 aliphatic carbocycles. The van der Waals surface area contributed by atoms with E-state index in [2.05, 4.69) is 23.5 Å². The summed E-state index contributed by atoms with van der Waals surface area (Å²) in [6, 6.07) is 6.15. The quantitative estimate of drug-likeness (QED) is 0.610. The number of nitrogens with zero attached hydrogens (tertiary/aromatic N) is 1. The zero-order valence-corrected chi connectivity index (χ0v) is 9.66. The molecule has 3 nitrogen and oxygen atoms in total. The van der Waals surface area contributed by atoms with Crippen LogP contribution in [-0.2, 0) is 4.79 Å². The van der Waals surface area contributed by atoms with Crippen molar-refractivity contribution in [1.29, 1.82) is 0 Å². The molecule has 1 N–H and O–H groups in total. The highest BCUT2D eigenvalue weighted by molar-refractivity contribution is 5.85. The van der Waals surface area contributed by atoms with Gasteiger partial charge < -0.3 is 0 Å². The van der Waals surface area contributed by atoms with E-state index in [0.717, 1.165) is 18.4 Å². The van der Waals surface area contributed by atoms with Gasteiger partial charge in [0.05, 0.1) is 6.21 Å². The lowest BCUT2D eigenvalue weighted by molar-refractivity contribution is -0.122. The molecule has 0 atom stereocenters. The fraction of sp³-hybridized carbons (Fsp3) is 0.385.